The highest BCUT2D eigenvalue weighted by atomic mass is 16.5. The molecule has 1 aliphatic rings. The van der Waals surface area contributed by atoms with E-state index in [0.29, 0.717) is 0 Å². The second-order valence-electron chi connectivity index (χ2n) is 4.68. The molecule has 0 spiro atoms. The maximum absolute atomic E-state index is 12.2. The second-order valence-corrected chi connectivity index (χ2v) is 4.68. The maximum atomic E-state index is 12.2. The van der Waals surface area contributed by atoms with Crippen molar-refractivity contribution in [3.8, 4) is 34.5 Å². The molecule has 7 heteroatoms. The third-order valence-electron chi connectivity index (χ3n) is 3.15. The lowest BCUT2D eigenvalue weighted by Gasteiger charge is -2.04. The van der Waals surface area contributed by atoms with Crippen LogP contribution in [0, 0.1) is 0 Å². The summed E-state index contributed by atoms with van der Waals surface area (Å²) in [6.07, 6.45) is 1.15. The first kappa shape index (κ1) is 13.6. The van der Waals surface area contributed by atoms with Crippen LogP contribution in [0.1, 0.15) is 15.9 Å². The van der Waals surface area contributed by atoms with Crippen molar-refractivity contribution in [3.05, 3.63) is 41.2 Å². The molecule has 0 saturated carbocycles. The Balaban J connectivity index is 2.07. The molecule has 2 aromatic carbocycles. The van der Waals surface area contributed by atoms with Gasteiger partial charge in [0.1, 0.15) is 28.6 Å². The monoisotopic (exact) mass is 302 g/mol. The van der Waals surface area contributed by atoms with Crippen LogP contribution in [-0.2, 0) is 0 Å². The first-order chi connectivity index (χ1) is 10.4. The number of carbonyl (C=O) groups excluding carboxylic acids is 1. The van der Waals surface area contributed by atoms with Crippen LogP contribution in [0.3, 0.4) is 0 Å². The number of phenols is 5. The molecule has 0 unspecified atom stereocenters. The minimum atomic E-state index is -0.639. The number of carbonyl (C=O) groups is 1. The zero-order valence-corrected chi connectivity index (χ0v) is 10.9. The lowest BCUT2D eigenvalue weighted by atomic mass is 10.1. The molecular formula is C15H10O7. The lowest BCUT2D eigenvalue weighted by molar-refractivity contribution is 0.101. The quantitative estimate of drug-likeness (QED) is 0.309. The van der Waals surface area contributed by atoms with Crippen LogP contribution in [0.5, 0.6) is 34.5 Å². The van der Waals surface area contributed by atoms with Gasteiger partial charge in [0.15, 0.2) is 17.3 Å². The average molecular weight is 302 g/mol. The maximum Gasteiger partial charge on any atom is 0.235 e. The molecule has 0 saturated heterocycles. The average Bonchev–Trinajstić information content (AvgIpc) is 2.72. The van der Waals surface area contributed by atoms with Crippen LogP contribution in [0.4, 0.5) is 0 Å². The van der Waals surface area contributed by atoms with Crippen LogP contribution in [0.2, 0.25) is 0 Å². The molecule has 22 heavy (non-hydrogen) atoms. The highest BCUT2D eigenvalue weighted by Gasteiger charge is 2.31. The summed E-state index contributed by atoms with van der Waals surface area (Å²) in [6, 6.07) is 4.14. The molecule has 2 aromatic rings. The molecule has 0 atom stereocenters. The Morgan fingerprint density at radius 2 is 1.50 bits per heavy atom. The van der Waals surface area contributed by atoms with Gasteiger partial charge in [-0.1, -0.05) is 0 Å². The van der Waals surface area contributed by atoms with Crippen molar-refractivity contribution in [2.45, 2.75) is 0 Å². The van der Waals surface area contributed by atoms with Crippen molar-refractivity contribution in [2.24, 2.45) is 0 Å². The first-order valence-corrected chi connectivity index (χ1v) is 6.12. The van der Waals surface area contributed by atoms with E-state index in [0.717, 1.165) is 24.3 Å². The van der Waals surface area contributed by atoms with Crippen molar-refractivity contribution in [3.63, 3.8) is 0 Å². The fourth-order valence-corrected chi connectivity index (χ4v) is 2.12. The fraction of sp³-hybridized carbons (Fsp3) is 0. The summed E-state index contributed by atoms with van der Waals surface area (Å²) < 4.78 is 5.25. The summed E-state index contributed by atoms with van der Waals surface area (Å²) in [5, 5.41) is 47.5. The van der Waals surface area contributed by atoms with Crippen molar-refractivity contribution >= 4 is 11.9 Å². The van der Waals surface area contributed by atoms with Crippen molar-refractivity contribution in [1.29, 1.82) is 0 Å². The van der Waals surface area contributed by atoms with Gasteiger partial charge in [0.05, 0.1) is 0 Å². The van der Waals surface area contributed by atoms with E-state index in [1.807, 2.05) is 0 Å². The van der Waals surface area contributed by atoms with E-state index >= 15 is 0 Å². The van der Waals surface area contributed by atoms with Crippen LogP contribution < -0.4 is 4.74 Å². The van der Waals surface area contributed by atoms with Crippen LogP contribution in [0.25, 0.3) is 6.08 Å². The van der Waals surface area contributed by atoms with Crippen molar-refractivity contribution in [1.82, 2.24) is 0 Å². The van der Waals surface area contributed by atoms with Crippen molar-refractivity contribution < 1.29 is 35.1 Å². The number of aromatic hydroxyl groups is 5. The standard InChI is InChI=1S/C15H10O7/c16-7-3-11(20)14-12(4-7)22-13(15(14)21)2-6-1-9(18)10(19)5-8(6)17/h1-5,16-20H/b13-2-. The van der Waals surface area contributed by atoms with Gasteiger partial charge in [-0.15, -0.1) is 0 Å². The molecule has 0 amide bonds. The minimum Gasteiger partial charge on any atom is -0.508 e. The van der Waals surface area contributed by atoms with Crippen LogP contribution in [0.15, 0.2) is 30.0 Å². The Bertz CT molecular complexity index is 836. The molecule has 0 bridgehead atoms. The molecule has 1 heterocycles. The van der Waals surface area contributed by atoms with Gasteiger partial charge in [-0.05, 0) is 12.1 Å². The molecule has 7 nitrogen and oxygen atoms in total. The van der Waals surface area contributed by atoms with Gasteiger partial charge in [0.25, 0.3) is 0 Å². The summed E-state index contributed by atoms with van der Waals surface area (Å²) in [5.74, 6) is -2.93. The van der Waals surface area contributed by atoms with Gasteiger partial charge in [0.2, 0.25) is 5.78 Å². The number of hydrogen-bond acceptors (Lipinski definition) is 7. The molecule has 3 rings (SSSR count). The van der Waals surface area contributed by atoms with Gasteiger partial charge < -0.3 is 30.3 Å². The number of phenolic OH excluding ortho intramolecular Hbond substituents is 5. The molecule has 0 fully saturated rings. The van der Waals surface area contributed by atoms with E-state index in [9.17, 15) is 30.3 Å². The third kappa shape index (κ3) is 2.05. The van der Waals surface area contributed by atoms with Gasteiger partial charge in [-0.25, -0.2) is 0 Å². The topological polar surface area (TPSA) is 127 Å². The highest BCUT2D eigenvalue weighted by molar-refractivity contribution is 6.16. The van der Waals surface area contributed by atoms with Crippen LogP contribution in [-0.4, -0.2) is 31.3 Å². The Morgan fingerprint density at radius 3 is 2.23 bits per heavy atom. The first-order valence-electron chi connectivity index (χ1n) is 6.12. The van der Waals surface area contributed by atoms with E-state index in [4.69, 9.17) is 4.74 Å². The highest BCUT2D eigenvalue weighted by Crippen LogP contribution is 2.41. The van der Waals surface area contributed by atoms with E-state index in [2.05, 4.69) is 0 Å². The lowest BCUT2D eigenvalue weighted by Crippen LogP contribution is -1.98. The number of ether oxygens (including phenoxy) is 1. The number of rotatable bonds is 1. The Labute approximate surface area is 123 Å². The van der Waals surface area contributed by atoms with E-state index in [-0.39, 0.29) is 34.1 Å². The smallest absolute Gasteiger partial charge is 0.235 e. The summed E-state index contributed by atoms with van der Waals surface area (Å²) in [7, 11) is 0. The van der Waals surface area contributed by atoms with Crippen molar-refractivity contribution in [2.75, 3.05) is 0 Å². The summed E-state index contributed by atoms with van der Waals surface area (Å²) >= 11 is 0. The van der Waals surface area contributed by atoms with E-state index in [1.165, 1.54) is 6.07 Å². The predicted molar refractivity (Wildman–Crippen MR) is 74.1 cm³/mol. The molecule has 0 aliphatic carbocycles. The largest absolute Gasteiger partial charge is 0.508 e. The molecule has 112 valence electrons. The number of hydrogen-bond donors (Lipinski definition) is 5. The van der Waals surface area contributed by atoms with Gasteiger partial charge in [-0.2, -0.15) is 0 Å². The zero-order chi connectivity index (χ0) is 16.0. The Morgan fingerprint density at radius 1 is 0.818 bits per heavy atom. The Kier molecular flexibility index (Phi) is 2.84. The number of Topliss-reactive ketones (excluding diaryl/α,β-unsaturated/α-hetero) is 1. The number of benzene rings is 2. The SMILES string of the molecule is O=C1/C(=C/c2cc(O)c(O)cc2O)Oc2cc(O)cc(O)c21. The third-order valence-corrected chi connectivity index (χ3v) is 3.15. The Hall–Kier alpha value is -3.35. The summed E-state index contributed by atoms with van der Waals surface area (Å²) in [4.78, 5) is 12.2. The molecule has 0 aromatic heterocycles. The number of fused-ring (bicyclic) bond motifs is 1. The molecule has 5 N–H and O–H groups in total. The molecule has 1 aliphatic heterocycles. The predicted octanol–water partition coefficient (Wildman–Crippen LogP) is 1.83. The van der Waals surface area contributed by atoms with E-state index in [1.54, 1.807) is 0 Å². The zero-order valence-electron chi connectivity index (χ0n) is 10.9. The second kappa shape index (κ2) is 4.59. The number of allylic oxidation sites excluding steroid dienone is 1. The minimum absolute atomic E-state index is 0.0174. The summed E-state index contributed by atoms with van der Waals surface area (Å²) in [5.41, 5.74) is -0.0679. The van der Waals surface area contributed by atoms with Crippen LogP contribution >= 0.6 is 0 Å². The normalized spacial score (nSPS) is 14.9. The number of ketones is 1. The van der Waals surface area contributed by atoms with E-state index < -0.39 is 23.0 Å². The van der Waals surface area contributed by atoms with Gasteiger partial charge >= 0.3 is 0 Å². The summed E-state index contributed by atoms with van der Waals surface area (Å²) in [6.45, 7) is 0. The molecule has 0 radical (unpaired) electrons. The fourth-order valence-electron chi connectivity index (χ4n) is 2.12. The molecular weight excluding hydrogens is 292 g/mol. The van der Waals surface area contributed by atoms with Gasteiger partial charge in [-0.3, -0.25) is 4.79 Å². The van der Waals surface area contributed by atoms with Gasteiger partial charge in [0, 0.05) is 23.8 Å².